The van der Waals surface area contributed by atoms with Gasteiger partial charge < -0.3 is 15.0 Å². The van der Waals surface area contributed by atoms with Gasteiger partial charge in [-0.3, -0.25) is 0 Å². The van der Waals surface area contributed by atoms with Crippen molar-refractivity contribution in [2.45, 2.75) is 86.4 Å². The Kier molecular flexibility index (Phi) is 15.6. The third kappa shape index (κ3) is 12.3. The minimum Gasteiger partial charge on any atom is -0.404 e. The standard InChI is InChI=1S/C9H12.C5H12BNO2.C3H8.C2H6/c1-2-6-9-7-4-3-5-8-9;1-4-5(2,7)9-6(3)8-4;1-3-2;1-2/h3-5,7-8H,2,6H2,1H3;4H,7H2,1-3H3;3H2,1-2H3;1-2H3. The lowest BCUT2D eigenvalue weighted by atomic mass is 9.97. The van der Waals surface area contributed by atoms with Crippen LogP contribution in [0.5, 0.6) is 0 Å². The van der Waals surface area contributed by atoms with Crippen LogP contribution in [0.1, 0.15) is 66.9 Å². The zero-order valence-corrected chi connectivity index (χ0v) is 16.6. The van der Waals surface area contributed by atoms with Crippen molar-refractivity contribution in [3.8, 4) is 0 Å². The van der Waals surface area contributed by atoms with Gasteiger partial charge in [-0.05, 0) is 32.7 Å². The molecule has 3 nitrogen and oxygen atoms in total. The summed E-state index contributed by atoms with van der Waals surface area (Å²) in [6.45, 7) is 16.0. The quantitative estimate of drug-likeness (QED) is 0.751. The van der Waals surface area contributed by atoms with Crippen molar-refractivity contribution in [2.24, 2.45) is 5.73 Å². The van der Waals surface area contributed by atoms with Gasteiger partial charge in [-0.15, -0.1) is 0 Å². The van der Waals surface area contributed by atoms with E-state index in [1.165, 1.54) is 24.8 Å². The first-order valence-corrected chi connectivity index (χ1v) is 9.03. The lowest BCUT2D eigenvalue weighted by Crippen LogP contribution is -2.44. The number of nitrogens with two attached hydrogens (primary N) is 1. The molecule has 1 aliphatic rings. The molecular formula is C19H38BNO2. The molecule has 0 aromatic heterocycles. The van der Waals surface area contributed by atoms with Crippen LogP contribution in [-0.2, 0) is 15.7 Å². The van der Waals surface area contributed by atoms with Crippen LogP contribution in [0.2, 0.25) is 6.82 Å². The molecule has 0 amide bonds. The molecule has 2 rings (SSSR count). The summed E-state index contributed by atoms with van der Waals surface area (Å²) in [5.41, 5.74) is 6.51. The second kappa shape index (κ2) is 14.7. The minimum atomic E-state index is -0.598. The van der Waals surface area contributed by atoms with E-state index in [-0.39, 0.29) is 13.2 Å². The molecule has 0 saturated carbocycles. The fourth-order valence-corrected chi connectivity index (χ4v) is 1.84. The molecule has 0 aliphatic carbocycles. The summed E-state index contributed by atoms with van der Waals surface area (Å²) >= 11 is 0. The molecule has 0 spiro atoms. The highest BCUT2D eigenvalue weighted by Crippen LogP contribution is 2.21. The normalized spacial score (nSPS) is 22.0. The zero-order chi connectivity index (χ0) is 18.3. The second-order valence-electron chi connectivity index (χ2n) is 5.59. The minimum absolute atomic E-state index is 0.00694. The van der Waals surface area contributed by atoms with Gasteiger partial charge >= 0.3 is 7.12 Å². The van der Waals surface area contributed by atoms with Gasteiger partial charge in [0, 0.05) is 0 Å². The molecule has 1 fully saturated rings. The van der Waals surface area contributed by atoms with Crippen molar-refractivity contribution in [2.75, 3.05) is 0 Å². The van der Waals surface area contributed by atoms with E-state index >= 15 is 0 Å². The summed E-state index contributed by atoms with van der Waals surface area (Å²) in [5.74, 6) is 0. The number of hydrogen-bond donors (Lipinski definition) is 1. The Morgan fingerprint density at radius 1 is 1.13 bits per heavy atom. The first kappa shape index (κ1) is 24.4. The van der Waals surface area contributed by atoms with Crippen LogP contribution in [0.4, 0.5) is 0 Å². The summed E-state index contributed by atoms with van der Waals surface area (Å²) in [5, 5.41) is 0. The lowest BCUT2D eigenvalue weighted by Gasteiger charge is -2.21. The number of benzene rings is 1. The molecule has 1 heterocycles. The highest BCUT2D eigenvalue weighted by molar-refractivity contribution is 6.43. The lowest BCUT2D eigenvalue weighted by molar-refractivity contribution is 0.0714. The first-order valence-electron chi connectivity index (χ1n) is 9.03. The molecule has 2 N–H and O–H groups in total. The van der Waals surface area contributed by atoms with E-state index < -0.39 is 5.72 Å². The number of aryl methyl sites for hydroxylation is 1. The summed E-state index contributed by atoms with van der Waals surface area (Å²) < 4.78 is 10.4. The highest BCUT2D eigenvalue weighted by atomic mass is 16.7. The van der Waals surface area contributed by atoms with E-state index in [0.29, 0.717) is 0 Å². The Bertz CT molecular complexity index is 358. The van der Waals surface area contributed by atoms with E-state index in [4.69, 9.17) is 15.0 Å². The van der Waals surface area contributed by atoms with Gasteiger partial charge in [-0.25, -0.2) is 0 Å². The van der Waals surface area contributed by atoms with Crippen molar-refractivity contribution in [3.05, 3.63) is 35.9 Å². The SMILES string of the molecule is CB1OC(C)C(C)(N)O1.CC.CCC.CCCc1ccccc1. The maximum atomic E-state index is 5.66. The molecule has 0 bridgehead atoms. The Morgan fingerprint density at radius 2 is 1.61 bits per heavy atom. The summed E-state index contributed by atoms with van der Waals surface area (Å²) in [6.07, 6.45) is 3.69. The van der Waals surface area contributed by atoms with Crippen LogP contribution < -0.4 is 5.73 Å². The van der Waals surface area contributed by atoms with E-state index in [2.05, 4.69) is 51.1 Å². The van der Waals surface area contributed by atoms with Gasteiger partial charge in [0.15, 0.2) is 0 Å². The van der Waals surface area contributed by atoms with Crippen molar-refractivity contribution < 1.29 is 9.31 Å². The van der Waals surface area contributed by atoms with Crippen LogP contribution in [-0.4, -0.2) is 18.9 Å². The summed E-state index contributed by atoms with van der Waals surface area (Å²) in [6, 6.07) is 10.6. The molecule has 1 aromatic carbocycles. The van der Waals surface area contributed by atoms with Gasteiger partial charge in [-0.1, -0.05) is 77.8 Å². The fraction of sp³-hybridized carbons (Fsp3) is 0.684. The smallest absolute Gasteiger partial charge is 0.404 e. The van der Waals surface area contributed by atoms with Crippen LogP contribution in [0.15, 0.2) is 30.3 Å². The number of hydrogen-bond acceptors (Lipinski definition) is 3. The largest absolute Gasteiger partial charge is 0.455 e. The summed E-state index contributed by atoms with van der Waals surface area (Å²) in [4.78, 5) is 0. The molecule has 2 atom stereocenters. The fourth-order valence-electron chi connectivity index (χ4n) is 1.84. The maximum absolute atomic E-state index is 5.66. The zero-order valence-electron chi connectivity index (χ0n) is 16.6. The monoisotopic (exact) mass is 323 g/mol. The topological polar surface area (TPSA) is 44.5 Å². The van der Waals surface area contributed by atoms with Crippen LogP contribution >= 0.6 is 0 Å². The molecule has 0 radical (unpaired) electrons. The molecule has 1 saturated heterocycles. The van der Waals surface area contributed by atoms with Crippen LogP contribution in [0.25, 0.3) is 0 Å². The van der Waals surface area contributed by atoms with Crippen molar-refractivity contribution in [1.82, 2.24) is 0 Å². The van der Waals surface area contributed by atoms with E-state index in [0.717, 1.165) is 0 Å². The number of rotatable bonds is 2. The van der Waals surface area contributed by atoms with Crippen molar-refractivity contribution in [1.29, 1.82) is 0 Å². The first-order chi connectivity index (χ1) is 10.9. The maximum Gasteiger partial charge on any atom is 0.455 e. The van der Waals surface area contributed by atoms with Gasteiger partial charge in [0.1, 0.15) is 5.72 Å². The Labute approximate surface area is 145 Å². The molecule has 4 heteroatoms. The van der Waals surface area contributed by atoms with E-state index in [1.54, 1.807) is 0 Å². The van der Waals surface area contributed by atoms with Crippen LogP contribution in [0.3, 0.4) is 0 Å². The molecular weight excluding hydrogens is 285 g/mol. The molecule has 1 aromatic rings. The van der Waals surface area contributed by atoms with Crippen LogP contribution in [0, 0.1) is 0 Å². The second-order valence-corrected chi connectivity index (χ2v) is 5.59. The van der Waals surface area contributed by atoms with Gasteiger partial charge in [0.25, 0.3) is 0 Å². The van der Waals surface area contributed by atoms with Gasteiger partial charge in [-0.2, -0.15) is 0 Å². The predicted octanol–water partition coefficient (Wildman–Crippen LogP) is 5.30. The van der Waals surface area contributed by atoms with Gasteiger partial charge in [0.2, 0.25) is 0 Å². The molecule has 23 heavy (non-hydrogen) atoms. The Morgan fingerprint density at radius 3 is 1.87 bits per heavy atom. The van der Waals surface area contributed by atoms with Crippen molar-refractivity contribution >= 4 is 7.12 Å². The third-order valence-corrected chi connectivity index (χ3v) is 3.00. The van der Waals surface area contributed by atoms with Crippen molar-refractivity contribution in [3.63, 3.8) is 0 Å². The van der Waals surface area contributed by atoms with E-state index in [9.17, 15) is 0 Å². The molecule has 134 valence electrons. The van der Waals surface area contributed by atoms with Gasteiger partial charge in [0.05, 0.1) is 6.10 Å². The van der Waals surface area contributed by atoms with E-state index in [1.807, 2.05) is 34.5 Å². The third-order valence-electron chi connectivity index (χ3n) is 3.00. The Balaban J connectivity index is 0. The molecule has 2 unspecified atom stereocenters. The predicted molar refractivity (Wildman–Crippen MR) is 104 cm³/mol. The Hall–Kier alpha value is -0.835. The molecule has 1 aliphatic heterocycles. The summed E-state index contributed by atoms with van der Waals surface area (Å²) in [7, 11) is -0.157. The average Bonchev–Trinajstić information content (AvgIpc) is 2.75. The average molecular weight is 323 g/mol. The highest BCUT2D eigenvalue weighted by Gasteiger charge is 2.40.